The van der Waals surface area contributed by atoms with Crippen LogP contribution >= 0.6 is 0 Å². The number of ether oxygens (including phenoxy) is 1. The topological polar surface area (TPSA) is 115 Å². The van der Waals surface area contributed by atoms with E-state index >= 15 is 0 Å². The lowest BCUT2D eigenvalue weighted by Crippen LogP contribution is -2.49. The minimum Gasteiger partial charge on any atom is -0.376 e. The summed E-state index contributed by atoms with van der Waals surface area (Å²) in [5, 5.41) is 9.97. The Hall–Kier alpha value is -3.57. The molecule has 2 saturated heterocycles. The number of hydrogen-bond donors (Lipinski definition) is 1. The monoisotopic (exact) mass is 547 g/mol. The van der Waals surface area contributed by atoms with Crippen molar-refractivity contribution in [3.05, 3.63) is 54.6 Å². The van der Waals surface area contributed by atoms with Gasteiger partial charge in [-0.15, -0.1) is 0 Å². The molecule has 0 spiro atoms. The minimum atomic E-state index is -2.98. The Kier molecular flexibility index (Phi) is 6.72. The summed E-state index contributed by atoms with van der Waals surface area (Å²) in [6, 6.07) is 8.20. The normalized spacial score (nSPS) is 17.8. The van der Waals surface area contributed by atoms with Gasteiger partial charge < -0.3 is 15.0 Å². The maximum absolute atomic E-state index is 11.7. The molecule has 0 aliphatic carbocycles. The van der Waals surface area contributed by atoms with Crippen LogP contribution in [0.1, 0.15) is 31.7 Å². The van der Waals surface area contributed by atoms with Gasteiger partial charge in [-0.05, 0) is 41.5 Å². The van der Waals surface area contributed by atoms with Gasteiger partial charge in [0.05, 0.1) is 30.2 Å². The summed E-state index contributed by atoms with van der Waals surface area (Å²) < 4.78 is 30.8. The molecule has 0 radical (unpaired) electrons. The third-order valence-electron chi connectivity index (χ3n) is 7.36. The summed E-state index contributed by atoms with van der Waals surface area (Å²) in [4.78, 5) is 16.1. The fraction of sp³-hybridized carbons (Fsp3) is 0.429. The van der Waals surface area contributed by atoms with Crippen LogP contribution in [0.4, 0.5) is 17.3 Å². The average Bonchev–Trinajstić information content (AvgIpc) is 3.31. The van der Waals surface area contributed by atoms with Gasteiger partial charge in [-0.3, -0.25) is 4.68 Å². The number of rotatable bonds is 9. The van der Waals surface area contributed by atoms with Crippen molar-refractivity contribution in [3.8, 4) is 11.4 Å². The van der Waals surface area contributed by atoms with Crippen LogP contribution in [0.15, 0.2) is 49.1 Å². The molecule has 0 saturated carbocycles. The number of benzene rings is 1. The van der Waals surface area contributed by atoms with E-state index in [1.54, 1.807) is 12.4 Å². The van der Waals surface area contributed by atoms with Gasteiger partial charge in [-0.2, -0.15) is 5.10 Å². The summed E-state index contributed by atoms with van der Waals surface area (Å²) in [6.07, 6.45) is 9.95. The lowest BCUT2D eigenvalue weighted by molar-refractivity contribution is -0.0609. The smallest absolute Gasteiger partial charge is 0.164 e. The number of aromatic nitrogens is 5. The Morgan fingerprint density at radius 2 is 1.92 bits per heavy atom. The number of sulfone groups is 1. The molecular weight excluding hydrogens is 514 g/mol. The summed E-state index contributed by atoms with van der Waals surface area (Å²) in [6.45, 7) is 7.38. The molecule has 1 N–H and O–H groups in total. The highest BCUT2D eigenvalue weighted by Gasteiger charge is 2.31. The highest BCUT2D eigenvalue weighted by molar-refractivity contribution is 7.90. The molecule has 1 unspecified atom stereocenters. The molecule has 11 heteroatoms. The van der Waals surface area contributed by atoms with Crippen molar-refractivity contribution in [1.82, 2.24) is 24.7 Å². The van der Waals surface area contributed by atoms with Crippen LogP contribution < -0.4 is 10.2 Å². The van der Waals surface area contributed by atoms with Crippen molar-refractivity contribution < 1.29 is 13.2 Å². The summed E-state index contributed by atoms with van der Waals surface area (Å²) >= 11 is 0. The maximum Gasteiger partial charge on any atom is 0.164 e. The Bertz CT molecular complexity index is 1610. The first kappa shape index (κ1) is 25.7. The average molecular weight is 548 g/mol. The van der Waals surface area contributed by atoms with Crippen LogP contribution in [-0.4, -0.2) is 71.0 Å². The summed E-state index contributed by atoms with van der Waals surface area (Å²) in [5.41, 5.74) is 3.17. The van der Waals surface area contributed by atoms with E-state index in [0.717, 1.165) is 54.7 Å². The van der Waals surface area contributed by atoms with Crippen molar-refractivity contribution in [2.45, 2.75) is 38.8 Å². The third-order valence-corrected chi connectivity index (χ3v) is 8.43. The highest BCUT2D eigenvalue weighted by Crippen LogP contribution is 2.37. The molecule has 0 bridgehead atoms. The van der Waals surface area contributed by atoms with Gasteiger partial charge >= 0.3 is 0 Å². The zero-order valence-corrected chi connectivity index (χ0v) is 23.2. The second-order valence-electron chi connectivity index (χ2n) is 10.9. The van der Waals surface area contributed by atoms with Gasteiger partial charge in [0.15, 0.2) is 5.82 Å². The number of pyridine rings is 1. The third kappa shape index (κ3) is 5.60. The largest absolute Gasteiger partial charge is 0.376 e. The lowest BCUT2D eigenvalue weighted by Gasteiger charge is -2.41. The number of nitrogens with one attached hydrogen (secondary N) is 1. The molecule has 3 aromatic heterocycles. The second-order valence-corrected chi connectivity index (χ2v) is 13.1. The van der Waals surface area contributed by atoms with Crippen molar-refractivity contribution in [1.29, 1.82) is 0 Å². The predicted molar refractivity (Wildman–Crippen MR) is 152 cm³/mol. The number of fused-ring (bicyclic) bond motifs is 1. The van der Waals surface area contributed by atoms with Crippen molar-refractivity contribution >= 4 is 37.9 Å². The molecule has 0 amide bonds. The van der Waals surface area contributed by atoms with E-state index in [1.165, 1.54) is 11.8 Å². The highest BCUT2D eigenvalue weighted by atomic mass is 32.2. The molecule has 6 rings (SSSR count). The van der Waals surface area contributed by atoms with Gasteiger partial charge in [0.1, 0.15) is 21.5 Å². The van der Waals surface area contributed by atoms with E-state index in [4.69, 9.17) is 14.7 Å². The zero-order valence-electron chi connectivity index (χ0n) is 22.4. The van der Waals surface area contributed by atoms with Crippen LogP contribution in [0.5, 0.6) is 0 Å². The van der Waals surface area contributed by atoms with E-state index in [1.807, 2.05) is 23.1 Å². The van der Waals surface area contributed by atoms with Crippen LogP contribution in [0.25, 0.3) is 22.2 Å². The first-order chi connectivity index (χ1) is 18.7. The molecule has 39 heavy (non-hydrogen) atoms. The van der Waals surface area contributed by atoms with Crippen LogP contribution in [-0.2, 0) is 21.1 Å². The molecule has 10 nitrogen and oxygen atoms in total. The number of hydrogen-bond acceptors (Lipinski definition) is 9. The molecule has 4 aromatic rings. The van der Waals surface area contributed by atoms with Gasteiger partial charge in [-0.1, -0.05) is 19.9 Å². The Morgan fingerprint density at radius 3 is 2.64 bits per heavy atom. The van der Waals surface area contributed by atoms with Crippen molar-refractivity contribution in [2.24, 2.45) is 5.92 Å². The van der Waals surface area contributed by atoms with Gasteiger partial charge in [0.25, 0.3) is 0 Å². The number of nitrogens with zero attached hydrogens (tertiary/aromatic N) is 6. The molecule has 2 aliphatic rings. The van der Waals surface area contributed by atoms with Crippen LogP contribution in [0, 0.1) is 5.92 Å². The molecular formula is C28H33N7O3S. The van der Waals surface area contributed by atoms with E-state index in [2.05, 4.69) is 52.3 Å². The van der Waals surface area contributed by atoms with Crippen molar-refractivity contribution in [3.63, 3.8) is 0 Å². The van der Waals surface area contributed by atoms with E-state index in [-0.39, 0.29) is 17.8 Å². The standard InChI is InChI=1S/C28H33N7O3S/c1-18(2)22-4-5-25(34-13-19(14-34)17-39(3,36)37)24-12-30-27(10-23(22)24)32-26-6-8-29-28(33-26)20-11-31-35(15-20)16-21-7-9-38-21/h4-6,8,10-12,15,18-19,21H,7,9,13-14,16-17H2,1-3H3,(H,29,30,32,33). The zero-order chi connectivity index (χ0) is 27.1. The Labute approximate surface area is 228 Å². The SMILES string of the molecule is CC(C)c1ccc(N2CC(CS(C)(=O)=O)C2)c2cnc(Nc3ccnc(-c4cnn(CC5CCO5)c4)n3)cc12. The van der Waals surface area contributed by atoms with Gasteiger partial charge in [0, 0.05) is 61.5 Å². The molecule has 5 heterocycles. The van der Waals surface area contributed by atoms with Crippen LogP contribution in [0.2, 0.25) is 0 Å². The Morgan fingerprint density at radius 1 is 1.10 bits per heavy atom. The molecule has 204 valence electrons. The molecule has 1 aromatic carbocycles. The second kappa shape index (κ2) is 10.2. The first-order valence-corrected chi connectivity index (χ1v) is 15.4. The summed E-state index contributed by atoms with van der Waals surface area (Å²) in [5.74, 6) is 2.67. The fourth-order valence-electron chi connectivity index (χ4n) is 5.31. The Balaban J connectivity index is 1.23. The quantitative estimate of drug-likeness (QED) is 0.332. The van der Waals surface area contributed by atoms with Gasteiger partial charge in [-0.25, -0.2) is 23.4 Å². The lowest BCUT2D eigenvalue weighted by atomic mass is 9.93. The fourth-order valence-corrected chi connectivity index (χ4v) is 6.38. The predicted octanol–water partition coefficient (Wildman–Crippen LogP) is 4.03. The summed E-state index contributed by atoms with van der Waals surface area (Å²) in [7, 11) is -2.98. The minimum absolute atomic E-state index is 0.166. The molecule has 2 fully saturated rings. The van der Waals surface area contributed by atoms with Crippen molar-refractivity contribution in [2.75, 3.05) is 41.9 Å². The molecule has 2 aliphatic heterocycles. The number of anilines is 3. The first-order valence-electron chi connectivity index (χ1n) is 13.3. The van der Waals surface area contributed by atoms with Crippen LogP contribution in [0.3, 0.4) is 0 Å². The van der Waals surface area contributed by atoms with E-state index in [9.17, 15) is 8.42 Å². The van der Waals surface area contributed by atoms with E-state index < -0.39 is 9.84 Å². The van der Waals surface area contributed by atoms with Gasteiger partial charge in [0.2, 0.25) is 0 Å². The maximum atomic E-state index is 11.7. The molecule has 1 atom stereocenters. The van der Waals surface area contributed by atoms with E-state index in [0.29, 0.717) is 23.4 Å².